The van der Waals surface area contributed by atoms with E-state index in [1.165, 1.54) is 25.5 Å². The van der Waals surface area contributed by atoms with Crippen LogP contribution in [0.25, 0.3) is 0 Å². The Morgan fingerprint density at radius 3 is 3.00 bits per heavy atom. The number of nitrogens with zero attached hydrogens (tertiary/aromatic N) is 2. The quantitative estimate of drug-likeness (QED) is 0.626. The summed E-state index contributed by atoms with van der Waals surface area (Å²) in [6.45, 7) is 0. The molecule has 1 atom stereocenters. The molecule has 0 bridgehead atoms. The molecule has 1 aromatic rings. The highest BCUT2D eigenvalue weighted by atomic mass is 32.2. The van der Waals surface area contributed by atoms with Crippen molar-refractivity contribution in [3.05, 3.63) is 29.6 Å². The van der Waals surface area contributed by atoms with Crippen LogP contribution in [0, 0.1) is 5.82 Å². The lowest BCUT2D eigenvalue weighted by atomic mass is 10.2. The van der Waals surface area contributed by atoms with Gasteiger partial charge in [0.2, 0.25) is 5.91 Å². The maximum atomic E-state index is 13.5. The third-order valence-electron chi connectivity index (χ3n) is 2.67. The predicted molar refractivity (Wildman–Crippen MR) is 79.8 cm³/mol. The van der Waals surface area contributed by atoms with Gasteiger partial charge in [-0.3, -0.25) is 9.59 Å². The Hall–Kier alpha value is -2.42. The van der Waals surface area contributed by atoms with Crippen LogP contribution >= 0.6 is 11.8 Å². The number of nitrogens with one attached hydrogen (secondary N) is 1. The van der Waals surface area contributed by atoms with Crippen LogP contribution in [0.5, 0.6) is 5.75 Å². The lowest BCUT2D eigenvalue weighted by Gasteiger charge is -2.01. The number of carboxylic acid groups (broad SMARTS) is 1. The number of amidine groups is 1. The molecule has 2 rings (SSSR count). The van der Waals surface area contributed by atoms with Crippen molar-refractivity contribution in [3.63, 3.8) is 0 Å². The van der Waals surface area contributed by atoms with E-state index in [-0.39, 0.29) is 17.3 Å². The van der Waals surface area contributed by atoms with Gasteiger partial charge in [-0.2, -0.15) is 5.10 Å². The molecule has 1 aliphatic heterocycles. The molecule has 1 unspecified atom stereocenters. The fourth-order valence-corrected chi connectivity index (χ4v) is 2.57. The van der Waals surface area contributed by atoms with Crippen LogP contribution in [0.3, 0.4) is 0 Å². The normalized spacial score (nSPS) is 19.6. The van der Waals surface area contributed by atoms with E-state index in [1.807, 2.05) is 0 Å². The van der Waals surface area contributed by atoms with E-state index in [4.69, 9.17) is 9.84 Å². The zero-order valence-corrected chi connectivity index (χ0v) is 12.3. The van der Waals surface area contributed by atoms with E-state index >= 15 is 0 Å². The summed E-state index contributed by atoms with van der Waals surface area (Å²) in [6.07, 6.45) is 1.02. The first kappa shape index (κ1) is 16.0. The number of hydrogen-bond donors (Lipinski definition) is 2. The SMILES string of the molecule is COc1ccc(C=NN=C2NC(=O)C(CC(=O)O)S2)cc1F. The molecular formula is C13H12FN3O4S. The first-order valence-electron chi connectivity index (χ1n) is 6.13. The molecule has 1 fully saturated rings. The van der Waals surface area contributed by atoms with Gasteiger partial charge in [-0.15, -0.1) is 5.10 Å². The molecule has 22 heavy (non-hydrogen) atoms. The van der Waals surface area contributed by atoms with Gasteiger partial charge in [0.25, 0.3) is 0 Å². The number of rotatable bonds is 5. The molecule has 116 valence electrons. The number of hydrogen-bond acceptors (Lipinski definition) is 6. The number of carbonyl (C=O) groups is 2. The smallest absolute Gasteiger partial charge is 0.305 e. The van der Waals surface area contributed by atoms with E-state index < -0.39 is 22.9 Å². The maximum Gasteiger partial charge on any atom is 0.305 e. The number of benzene rings is 1. The number of carbonyl (C=O) groups excluding carboxylic acids is 1. The van der Waals surface area contributed by atoms with E-state index in [1.54, 1.807) is 6.07 Å². The highest BCUT2D eigenvalue weighted by Gasteiger charge is 2.32. The first-order valence-corrected chi connectivity index (χ1v) is 7.01. The topological polar surface area (TPSA) is 100 Å². The average molecular weight is 325 g/mol. The summed E-state index contributed by atoms with van der Waals surface area (Å²) in [5.74, 6) is -1.88. The summed E-state index contributed by atoms with van der Waals surface area (Å²) in [7, 11) is 1.37. The van der Waals surface area contributed by atoms with Gasteiger partial charge in [-0.25, -0.2) is 4.39 Å². The molecule has 0 aromatic heterocycles. The Balaban J connectivity index is 2.01. The van der Waals surface area contributed by atoms with Crippen LogP contribution in [-0.4, -0.2) is 40.7 Å². The van der Waals surface area contributed by atoms with Crippen molar-refractivity contribution in [1.29, 1.82) is 0 Å². The standard InChI is InChI=1S/C13H12FN3O4S/c1-21-9-3-2-7(4-8(9)14)6-15-17-13-16-12(20)10(22-13)5-11(18)19/h2-4,6,10H,5H2,1H3,(H,18,19)(H,16,17,20). The lowest BCUT2D eigenvalue weighted by molar-refractivity contribution is -0.138. The number of aliphatic carboxylic acids is 1. The molecule has 1 saturated heterocycles. The monoisotopic (exact) mass is 325 g/mol. The van der Waals surface area contributed by atoms with Crippen LogP contribution in [0.2, 0.25) is 0 Å². The van der Waals surface area contributed by atoms with Gasteiger partial charge >= 0.3 is 5.97 Å². The Kier molecular flexibility index (Phi) is 5.10. The number of amides is 1. The minimum atomic E-state index is -1.06. The Labute approximate surface area is 129 Å². The number of halogens is 1. The van der Waals surface area contributed by atoms with Crippen LogP contribution in [0.4, 0.5) is 4.39 Å². The van der Waals surface area contributed by atoms with Gasteiger partial charge < -0.3 is 15.2 Å². The van der Waals surface area contributed by atoms with Gasteiger partial charge in [-0.05, 0) is 23.8 Å². The molecular weight excluding hydrogens is 313 g/mol. The van der Waals surface area contributed by atoms with Crippen molar-refractivity contribution in [2.75, 3.05) is 7.11 Å². The zero-order chi connectivity index (χ0) is 16.1. The zero-order valence-electron chi connectivity index (χ0n) is 11.4. The van der Waals surface area contributed by atoms with Crippen molar-refractivity contribution < 1.29 is 23.8 Å². The van der Waals surface area contributed by atoms with Gasteiger partial charge in [0.15, 0.2) is 16.7 Å². The van der Waals surface area contributed by atoms with E-state index in [0.717, 1.165) is 11.8 Å². The number of thioether (sulfide) groups is 1. The Morgan fingerprint density at radius 1 is 1.59 bits per heavy atom. The molecule has 0 saturated carbocycles. The molecule has 1 heterocycles. The van der Waals surface area contributed by atoms with Gasteiger partial charge in [0.05, 0.1) is 19.7 Å². The number of carboxylic acids is 1. The second-order valence-corrected chi connectivity index (χ2v) is 5.43. The molecule has 0 radical (unpaired) electrons. The molecule has 9 heteroatoms. The Bertz CT molecular complexity index is 663. The van der Waals surface area contributed by atoms with Crippen molar-refractivity contribution in [2.24, 2.45) is 10.2 Å². The second-order valence-electron chi connectivity index (χ2n) is 4.24. The molecule has 0 aliphatic carbocycles. The van der Waals surface area contributed by atoms with Crippen molar-refractivity contribution in [3.8, 4) is 5.75 Å². The van der Waals surface area contributed by atoms with Gasteiger partial charge in [0.1, 0.15) is 5.25 Å². The third-order valence-corrected chi connectivity index (χ3v) is 3.74. The van der Waals surface area contributed by atoms with Crippen LogP contribution in [0.15, 0.2) is 28.4 Å². The van der Waals surface area contributed by atoms with Crippen molar-refractivity contribution in [2.45, 2.75) is 11.7 Å². The van der Waals surface area contributed by atoms with E-state index in [0.29, 0.717) is 5.56 Å². The molecule has 1 aromatic carbocycles. The fraction of sp³-hybridized carbons (Fsp3) is 0.231. The highest BCUT2D eigenvalue weighted by molar-refractivity contribution is 8.15. The third kappa shape index (κ3) is 4.04. The molecule has 2 N–H and O–H groups in total. The minimum Gasteiger partial charge on any atom is -0.494 e. The van der Waals surface area contributed by atoms with E-state index in [2.05, 4.69) is 15.5 Å². The summed E-state index contributed by atoms with van der Waals surface area (Å²) < 4.78 is 18.3. The summed E-state index contributed by atoms with van der Waals surface area (Å²) in [5.41, 5.74) is 0.471. The summed E-state index contributed by atoms with van der Waals surface area (Å²) >= 11 is 0.992. The predicted octanol–water partition coefficient (Wildman–Crippen LogP) is 1.23. The van der Waals surface area contributed by atoms with Crippen molar-refractivity contribution >= 4 is 35.0 Å². The van der Waals surface area contributed by atoms with E-state index in [9.17, 15) is 14.0 Å². The Morgan fingerprint density at radius 2 is 2.36 bits per heavy atom. The average Bonchev–Trinajstić information content (AvgIpc) is 2.78. The summed E-state index contributed by atoms with van der Waals surface area (Å²) in [6, 6.07) is 4.29. The summed E-state index contributed by atoms with van der Waals surface area (Å²) in [4.78, 5) is 22.1. The molecule has 0 spiro atoms. The fourth-order valence-electron chi connectivity index (χ4n) is 1.66. The van der Waals surface area contributed by atoms with Crippen LogP contribution < -0.4 is 10.1 Å². The second kappa shape index (κ2) is 7.03. The van der Waals surface area contributed by atoms with Gasteiger partial charge in [0, 0.05) is 0 Å². The molecule has 1 amide bonds. The summed E-state index contributed by atoms with van der Waals surface area (Å²) in [5, 5.41) is 18.1. The van der Waals surface area contributed by atoms with Crippen LogP contribution in [-0.2, 0) is 9.59 Å². The molecule has 1 aliphatic rings. The molecule has 7 nitrogen and oxygen atoms in total. The highest BCUT2D eigenvalue weighted by Crippen LogP contribution is 2.22. The largest absolute Gasteiger partial charge is 0.494 e. The number of ether oxygens (including phenoxy) is 1. The van der Waals surface area contributed by atoms with Crippen LogP contribution in [0.1, 0.15) is 12.0 Å². The maximum absolute atomic E-state index is 13.5. The minimum absolute atomic E-state index is 0.124. The first-order chi connectivity index (χ1) is 10.5. The number of methoxy groups -OCH3 is 1. The lowest BCUT2D eigenvalue weighted by Crippen LogP contribution is -2.26. The van der Waals surface area contributed by atoms with Crippen molar-refractivity contribution in [1.82, 2.24) is 5.32 Å². The van der Waals surface area contributed by atoms with Gasteiger partial charge in [-0.1, -0.05) is 11.8 Å².